The van der Waals surface area contributed by atoms with Crippen molar-refractivity contribution in [2.45, 2.75) is 34.7 Å². The SMILES string of the molecule is CN=S(=O)(CC(O)(CSc1ccccc1)C1=CCCC1)c1ccccc1. The monoisotopic (exact) mass is 387 g/mol. The van der Waals surface area contributed by atoms with Gasteiger partial charge >= 0.3 is 0 Å². The molecule has 2 aromatic carbocycles. The standard InChI is InChI=1S/C21H25NO2S2/c1-22-26(24,20-14-6-3-7-15-20)17-21(23,18-10-8-9-11-18)16-25-19-12-4-2-5-13-19/h2-7,10,12-15,23H,8-9,11,16-17H2,1H3. The Balaban J connectivity index is 1.89. The molecule has 0 saturated heterocycles. The largest absolute Gasteiger partial charge is 0.384 e. The predicted octanol–water partition coefficient (Wildman–Crippen LogP) is 4.78. The number of hydrogen-bond donors (Lipinski definition) is 1. The van der Waals surface area contributed by atoms with Crippen LogP contribution in [-0.4, -0.2) is 33.5 Å². The van der Waals surface area contributed by atoms with Crippen LogP contribution in [0.3, 0.4) is 0 Å². The summed E-state index contributed by atoms with van der Waals surface area (Å²) < 4.78 is 17.8. The molecule has 0 heterocycles. The van der Waals surface area contributed by atoms with Gasteiger partial charge in [0.25, 0.3) is 0 Å². The van der Waals surface area contributed by atoms with E-state index in [1.165, 1.54) is 0 Å². The van der Waals surface area contributed by atoms with Crippen molar-refractivity contribution in [2.24, 2.45) is 4.36 Å². The topological polar surface area (TPSA) is 49.7 Å². The van der Waals surface area contributed by atoms with Crippen molar-refractivity contribution in [2.75, 3.05) is 18.6 Å². The predicted molar refractivity (Wildman–Crippen MR) is 110 cm³/mol. The van der Waals surface area contributed by atoms with Gasteiger partial charge in [0.2, 0.25) is 0 Å². The van der Waals surface area contributed by atoms with Crippen LogP contribution in [0.2, 0.25) is 0 Å². The second-order valence-electron chi connectivity index (χ2n) is 6.54. The highest BCUT2D eigenvalue weighted by Gasteiger charge is 2.37. The first-order chi connectivity index (χ1) is 12.6. The van der Waals surface area contributed by atoms with Crippen molar-refractivity contribution in [3.05, 3.63) is 72.3 Å². The molecule has 2 unspecified atom stereocenters. The minimum Gasteiger partial charge on any atom is -0.384 e. The zero-order valence-corrected chi connectivity index (χ0v) is 16.6. The normalized spacial score (nSPS) is 18.6. The van der Waals surface area contributed by atoms with Crippen LogP contribution in [0.15, 0.2) is 86.5 Å². The first kappa shape index (κ1) is 19.2. The molecule has 0 aliphatic heterocycles. The molecule has 0 bridgehead atoms. The molecule has 0 fully saturated rings. The van der Waals surface area contributed by atoms with Crippen LogP contribution in [0.5, 0.6) is 0 Å². The molecule has 0 amide bonds. The van der Waals surface area contributed by atoms with Gasteiger partial charge < -0.3 is 5.11 Å². The summed E-state index contributed by atoms with van der Waals surface area (Å²) in [5, 5.41) is 11.6. The van der Waals surface area contributed by atoms with Crippen molar-refractivity contribution < 1.29 is 9.32 Å². The quantitative estimate of drug-likeness (QED) is 0.549. The molecule has 0 spiro atoms. The lowest BCUT2D eigenvalue weighted by atomic mass is 9.97. The van der Waals surface area contributed by atoms with Crippen LogP contribution >= 0.6 is 11.8 Å². The highest BCUT2D eigenvalue weighted by atomic mass is 32.2. The van der Waals surface area contributed by atoms with E-state index in [1.54, 1.807) is 18.8 Å². The molecule has 2 atom stereocenters. The summed E-state index contributed by atoms with van der Waals surface area (Å²) in [6.45, 7) is 0. The van der Waals surface area contributed by atoms with Gasteiger partial charge in [-0.2, -0.15) is 0 Å². The highest BCUT2D eigenvalue weighted by molar-refractivity contribution is 7.99. The lowest BCUT2D eigenvalue weighted by Crippen LogP contribution is -2.41. The number of aliphatic hydroxyl groups is 1. The number of nitrogens with zero attached hydrogens (tertiary/aromatic N) is 1. The highest BCUT2D eigenvalue weighted by Crippen LogP contribution is 2.36. The Hall–Kier alpha value is -1.56. The molecule has 3 nitrogen and oxygen atoms in total. The number of thioether (sulfide) groups is 1. The number of benzene rings is 2. The number of rotatable bonds is 7. The van der Waals surface area contributed by atoms with Gasteiger partial charge in [-0.05, 0) is 49.1 Å². The molecular formula is C21H25NO2S2. The molecule has 1 N–H and O–H groups in total. The molecule has 1 aliphatic rings. The maximum absolute atomic E-state index is 13.6. The van der Waals surface area contributed by atoms with Crippen molar-refractivity contribution >= 4 is 21.5 Å². The molecule has 138 valence electrons. The third-order valence-corrected chi connectivity index (χ3v) is 8.40. The molecule has 0 saturated carbocycles. The van der Waals surface area contributed by atoms with Gasteiger partial charge in [0.15, 0.2) is 0 Å². The van der Waals surface area contributed by atoms with Gasteiger partial charge in [-0.3, -0.25) is 0 Å². The maximum atomic E-state index is 13.6. The van der Waals surface area contributed by atoms with Gasteiger partial charge in [0.1, 0.15) is 5.60 Å². The summed E-state index contributed by atoms with van der Waals surface area (Å²) in [5.41, 5.74) is -0.114. The minimum absolute atomic E-state index is 0.131. The van der Waals surface area contributed by atoms with Crippen molar-refractivity contribution in [3.63, 3.8) is 0 Å². The second kappa shape index (κ2) is 8.42. The third kappa shape index (κ3) is 4.40. The summed E-state index contributed by atoms with van der Waals surface area (Å²) in [4.78, 5) is 1.79. The van der Waals surface area contributed by atoms with Crippen LogP contribution < -0.4 is 0 Å². The van der Waals surface area contributed by atoms with Crippen molar-refractivity contribution in [1.29, 1.82) is 0 Å². The molecule has 2 aromatic rings. The maximum Gasteiger partial charge on any atom is 0.108 e. The van der Waals surface area contributed by atoms with E-state index in [0.29, 0.717) is 10.6 Å². The fourth-order valence-electron chi connectivity index (χ4n) is 3.25. The zero-order valence-electron chi connectivity index (χ0n) is 15.0. The van der Waals surface area contributed by atoms with Crippen LogP contribution in [-0.2, 0) is 9.73 Å². The first-order valence-electron chi connectivity index (χ1n) is 8.83. The van der Waals surface area contributed by atoms with Crippen LogP contribution in [0.4, 0.5) is 0 Å². The minimum atomic E-state index is -2.68. The fraction of sp³-hybridized carbons (Fsp3) is 0.333. The number of hydrogen-bond acceptors (Lipinski definition) is 4. The Bertz CT molecular complexity index is 871. The van der Waals surface area contributed by atoms with Gasteiger partial charge in [-0.25, -0.2) is 8.57 Å². The number of allylic oxidation sites excluding steroid dienone is 1. The Kier molecular flexibility index (Phi) is 6.22. The van der Waals surface area contributed by atoms with Crippen molar-refractivity contribution in [1.82, 2.24) is 0 Å². The Morgan fingerprint density at radius 1 is 1.12 bits per heavy atom. The van der Waals surface area contributed by atoms with Gasteiger partial charge in [-0.1, -0.05) is 42.5 Å². The molecule has 3 rings (SSSR count). The van der Waals surface area contributed by atoms with E-state index in [2.05, 4.69) is 10.4 Å². The molecule has 5 heteroatoms. The Morgan fingerprint density at radius 3 is 2.35 bits per heavy atom. The smallest absolute Gasteiger partial charge is 0.108 e. The van der Waals surface area contributed by atoms with Crippen LogP contribution in [0.1, 0.15) is 19.3 Å². The first-order valence-corrected chi connectivity index (χ1v) is 11.5. The lowest BCUT2D eigenvalue weighted by Gasteiger charge is -2.31. The van der Waals surface area contributed by atoms with Crippen molar-refractivity contribution in [3.8, 4) is 0 Å². The van der Waals surface area contributed by atoms with Crippen LogP contribution in [0.25, 0.3) is 0 Å². The van der Waals surface area contributed by atoms with Gasteiger partial charge in [0, 0.05) is 22.6 Å². The van der Waals surface area contributed by atoms with Gasteiger partial charge in [0.05, 0.1) is 15.5 Å². The summed E-state index contributed by atoms with van der Waals surface area (Å²) >= 11 is 1.60. The van der Waals surface area contributed by atoms with E-state index in [4.69, 9.17) is 0 Å². The van der Waals surface area contributed by atoms with E-state index < -0.39 is 15.3 Å². The second-order valence-corrected chi connectivity index (χ2v) is 9.99. The Morgan fingerprint density at radius 2 is 1.77 bits per heavy atom. The molecule has 1 aliphatic carbocycles. The molecular weight excluding hydrogens is 362 g/mol. The fourth-order valence-corrected chi connectivity index (χ4v) is 6.45. The lowest BCUT2D eigenvalue weighted by molar-refractivity contribution is 0.126. The summed E-state index contributed by atoms with van der Waals surface area (Å²) in [6.07, 6.45) is 5.00. The van der Waals surface area contributed by atoms with E-state index in [-0.39, 0.29) is 5.75 Å². The van der Waals surface area contributed by atoms with E-state index in [1.807, 2.05) is 60.7 Å². The average Bonchev–Trinajstić information content (AvgIpc) is 3.24. The average molecular weight is 388 g/mol. The zero-order chi connectivity index (χ0) is 18.5. The van der Waals surface area contributed by atoms with Gasteiger partial charge in [-0.15, -0.1) is 11.8 Å². The summed E-state index contributed by atoms with van der Waals surface area (Å²) in [6, 6.07) is 19.3. The Labute approximate surface area is 160 Å². The van der Waals surface area contributed by atoms with E-state index >= 15 is 0 Å². The summed E-state index contributed by atoms with van der Waals surface area (Å²) in [5.74, 6) is 0.606. The van der Waals surface area contributed by atoms with E-state index in [0.717, 1.165) is 29.7 Å². The van der Waals surface area contributed by atoms with Crippen LogP contribution in [0, 0.1) is 0 Å². The molecule has 26 heavy (non-hydrogen) atoms. The summed E-state index contributed by atoms with van der Waals surface area (Å²) in [7, 11) is -1.10. The third-order valence-electron chi connectivity index (χ3n) is 4.70. The van der Waals surface area contributed by atoms with E-state index in [9.17, 15) is 9.32 Å². The molecule has 0 radical (unpaired) electrons. The molecule has 0 aromatic heterocycles.